The predicted molar refractivity (Wildman–Crippen MR) is 199 cm³/mol. The van der Waals surface area contributed by atoms with Crippen LogP contribution in [0, 0.1) is 0 Å². The molecule has 6 nitrogen and oxygen atoms in total. The molecule has 50 heavy (non-hydrogen) atoms. The first-order valence-corrected chi connectivity index (χ1v) is 16.8. The van der Waals surface area contributed by atoms with Gasteiger partial charge in [0, 0.05) is 45.6 Å². The highest BCUT2D eigenvalue weighted by Gasteiger charge is 2.43. The summed E-state index contributed by atoms with van der Waals surface area (Å²) in [7, 11) is 0. The van der Waals surface area contributed by atoms with E-state index in [9.17, 15) is 0 Å². The van der Waals surface area contributed by atoms with Crippen LogP contribution >= 0.6 is 0 Å². The third-order valence-electron chi connectivity index (χ3n) is 9.73. The van der Waals surface area contributed by atoms with Crippen LogP contribution in [-0.2, 0) is 0 Å². The van der Waals surface area contributed by atoms with Crippen LogP contribution < -0.4 is 4.90 Å². The molecule has 5 aromatic carbocycles. The van der Waals surface area contributed by atoms with E-state index >= 15 is 0 Å². The summed E-state index contributed by atoms with van der Waals surface area (Å²) in [4.78, 5) is 22.1. The van der Waals surface area contributed by atoms with Gasteiger partial charge in [0.15, 0.2) is 17.5 Å². The summed E-state index contributed by atoms with van der Waals surface area (Å²) < 4.78 is 6.52. The minimum absolute atomic E-state index is 0.0987. The van der Waals surface area contributed by atoms with Gasteiger partial charge in [-0.25, -0.2) is 15.0 Å². The lowest BCUT2D eigenvalue weighted by atomic mass is 9.82. The van der Waals surface area contributed by atoms with Crippen LogP contribution in [-0.4, -0.2) is 26.0 Å². The lowest BCUT2D eigenvalue weighted by Gasteiger charge is -2.30. The van der Waals surface area contributed by atoms with Crippen LogP contribution in [0.3, 0.4) is 0 Å². The molecule has 2 atom stereocenters. The van der Waals surface area contributed by atoms with E-state index in [1.165, 1.54) is 22.5 Å². The van der Waals surface area contributed by atoms with Gasteiger partial charge in [-0.15, -0.1) is 0 Å². The SMILES string of the molecule is C1=CC2C(c3ccccc3N2c2ccccc2)c2c1oc1ccc(-c3nc(-c4cccc(-c5ccccc5)c4)nc(-c4ccccn4)n3)cc21. The molecule has 0 radical (unpaired) electrons. The lowest BCUT2D eigenvalue weighted by molar-refractivity contribution is 0.584. The molecular weight excluding hydrogens is 615 g/mol. The maximum Gasteiger partial charge on any atom is 0.182 e. The van der Waals surface area contributed by atoms with Gasteiger partial charge in [0.25, 0.3) is 0 Å². The van der Waals surface area contributed by atoms with Crippen LogP contribution in [0.15, 0.2) is 162 Å². The first kappa shape index (κ1) is 28.4. The third-order valence-corrected chi connectivity index (χ3v) is 9.73. The zero-order valence-electron chi connectivity index (χ0n) is 26.9. The summed E-state index contributed by atoms with van der Waals surface area (Å²) in [6.45, 7) is 0. The van der Waals surface area contributed by atoms with Crippen molar-refractivity contribution >= 4 is 28.4 Å². The molecule has 6 heteroatoms. The molecule has 3 aromatic heterocycles. The second kappa shape index (κ2) is 11.5. The maximum absolute atomic E-state index is 6.52. The average Bonchev–Trinajstić information content (AvgIpc) is 3.74. The fourth-order valence-corrected chi connectivity index (χ4v) is 7.50. The molecule has 0 bridgehead atoms. The zero-order chi connectivity index (χ0) is 33.0. The van der Waals surface area contributed by atoms with Gasteiger partial charge >= 0.3 is 0 Å². The highest BCUT2D eigenvalue weighted by atomic mass is 16.3. The Hall–Kier alpha value is -6.66. The van der Waals surface area contributed by atoms with Crippen LogP contribution in [0.25, 0.3) is 62.5 Å². The van der Waals surface area contributed by atoms with Gasteiger partial charge in [0.2, 0.25) is 0 Å². The number of pyridine rings is 1. The second-order valence-electron chi connectivity index (χ2n) is 12.7. The molecule has 4 heterocycles. The summed E-state index contributed by atoms with van der Waals surface area (Å²) in [5, 5.41) is 1.06. The molecule has 0 saturated carbocycles. The van der Waals surface area contributed by atoms with Crippen LogP contribution in [0.1, 0.15) is 22.8 Å². The van der Waals surface area contributed by atoms with Crippen molar-refractivity contribution in [3.8, 4) is 45.4 Å². The molecule has 0 saturated heterocycles. The van der Waals surface area contributed by atoms with Crippen LogP contribution in [0.2, 0.25) is 0 Å². The number of para-hydroxylation sites is 2. The number of rotatable bonds is 5. The number of nitrogens with zero attached hydrogens (tertiary/aromatic N) is 5. The molecule has 0 spiro atoms. The van der Waals surface area contributed by atoms with Gasteiger partial charge in [-0.05, 0) is 77.4 Å². The Morgan fingerprint density at radius 1 is 0.560 bits per heavy atom. The van der Waals surface area contributed by atoms with E-state index in [0.717, 1.165) is 39.0 Å². The van der Waals surface area contributed by atoms with Gasteiger partial charge in [-0.3, -0.25) is 4.98 Å². The average molecular weight is 644 g/mol. The summed E-state index contributed by atoms with van der Waals surface area (Å²) in [5.41, 5.74) is 10.4. The van der Waals surface area contributed by atoms with Crippen LogP contribution in [0.5, 0.6) is 0 Å². The Kier molecular flexibility index (Phi) is 6.52. The first-order valence-electron chi connectivity index (χ1n) is 16.8. The zero-order valence-corrected chi connectivity index (χ0v) is 26.9. The minimum Gasteiger partial charge on any atom is -0.456 e. The monoisotopic (exact) mass is 643 g/mol. The molecule has 1 aliphatic carbocycles. The molecule has 0 N–H and O–H groups in total. The van der Waals surface area contributed by atoms with Crippen molar-refractivity contribution < 1.29 is 4.42 Å². The van der Waals surface area contributed by atoms with Crippen molar-refractivity contribution in [3.05, 3.63) is 175 Å². The fourth-order valence-electron chi connectivity index (χ4n) is 7.50. The van der Waals surface area contributed by atoms with Crippen LogP contribution in [0.4, 0.5) is 11.4 Å². The van der Waals surface area contributed by atoms with E-state index in [2.05, 4.69) is 107 Å². The number of hydrogen-bond donors (Lipinski definition) is 0. The Labute approximate surface area is 289 Å². The number of anilines is 2. The molecule has 10 rings (SSSR count). The van der Waals surface area contributed by atoms with Crippen molar-refractivity contribution in [1.82, 2.24) is 19.9 Å². The summed E-state index contributed by atoms with van der Waals surface area (Å²) >= 11 is 0. The van der Waals surface area contributed by atoms with Crippen molar-refractivity contribution in [3.63, 3.8) is 0 Å². The third kappa shape index (κ3) is 4.65. The topological polar surface area (TPSA) is 67.9 Å². The number of furan rings is 1. The highest BCUT2D eigenvalue weighted by molar-refractivity contribution is 5.92. The number of fused-ring (bicyclic) bond motifs is 7. The quantitative estimate of drug-likeness (QED) is 0.186. The van der Waals surface area contributed by atoms with E-state index in [0.29, 0.717) is 23.2 Å². The van der Waals surface area contributed by atoms with Gasteiger partial charge < -0.3 is 9.32 Å². The molecule has 2 aliphatic rings. The smallest absolute Gasteiger partial charge is 0.182 e. The summed E-state index contributed by atoms with van der Waals surface area (Å²) in [6, 6.07) is 50.2. The molecule has 0 amide bonds. The molecule has 8 aromatic rings. The largest absolute Gasteiger partial charge is 0.456 e. The molecule has 1 aliphatic heterocycles. The Bertz CT molecular complexity index is 2560. The predicted octanol–water partition coefficient (Wildman–Crippen LogP) is 10.4. The van der Waals surface area contributed by atoms with Gasteiger partial charge in [0.05, 0.1) is 6.04 Å². The van der Waals surface area contributed by atoms with Gasteiger partial charge in [-0.2, -0.15) is 0 Å². The van der Waals surface area contributed by atoms with E-state index in [-0.39, 0.29) is 12.0 Å². The molecule has 0 fully saturated rings. The van der Waals surface area contributed by atoms with Crippen molar-refractivity contribution in [1.29, 1.82) is 0 Å². The molecular formula is C44H29N5O. The van der Waals surface area contributed by atoms with Crippen molar-refractivity contribution in [2.45, 2.75) is 12.0 Å². The first-order chi connectivity index (χ1) is 24.8. The maximum atomic E-state index is 6.52. The molecule has 2 unspecified atom stereocenters. The van der Waals surface area contributed by atoms with Crippen molar-refractivity contribution in [2.75, 3.05) is 4.90 Å². The normalized spacial score (nSPS) is 15.9. The lowest BCUT2D eigenvalue weighted by Crippen LogP contribution is -2.30. The van der Waals surface area contributed by atoms with E-state index in [1.54, 1.807) is 6.20 Å². The Morgan fingerprint density at radius 3 is 2.08 bits per heavy atom. The van der Waals surface area contributed by atoms with E-state index < -0.39 is 0 Å². The second-order valence-corrected chi connectivity index (χ2v) is 12.7. The number of benzene rings is 5. The Morgan fingerprint density at radius 2 is 1.26 bits per heavy atom. The highest BCUT2D eigenvalue weighted by Crippen LogP contribution is 2.53. The Balaban J connectivity index is 1.13. The summed E-state index contributed by atoms with van der Waals surface area (Å²) in [6.07, 6.45) is 6.18. The number of aromatic nitrogens is 4. The number of hydrogen-bond acceptors (Lipinski definition) is 6. The van der Waals surface area contributed by atoms with Crippen molar-refractivity contribution in [2.24, 2.45) is 0 Å². The standard InChI is InChI=1S/C44H29N5O/c1-3-12-28(13-4-1)29-14-11-15-30(26-29)42-46-43(48-44(47-42)35-19-9-10-25-45-35)31-21-23-38-34(27-31)41-39(50-38)24-22-37-40(41)33-18-7-8-20-36(33)49(37)32-16-5-2-6-17-32/h1-27,37,40H. The van der Waals surface area contributed by atoms with E-state index in [4.69, 9.17) is 19.4 Å². The minimum atomic E-state index is 0.0987. The van der Waals surface area contributed by atoms with Gasteiger partial charge in [-0.1, -0.05) is 97.1 Å². The molecule has 236 valence electrons. The summed E-state index contributed by atoms with van der Waals surface area (Å²) in [5.74, 6) is 2.69. The van der Waals surface area contributed by atoms with Gasteiger partial charge in [0.1, 0.15) is 17.0 Å². The fraction of sp³-hybridized carbons (Fsp3) is 0.0455. The van der Waals surface area contributed by atoms with E-state index in [1.807, 2.05) is 60.7 Å².